The van der Waals surface area contributed by atoms with E-state index in [1.807, 2.05) is 13.0 Å². The van der Waals surface area contributed by atoms with E-state index >= 15 is 0 Å². The van der Waals surface area contributed by atoms with Crippen molar-refractivity contribution < 1.29 is 15.1 Å². The van der Waals surface area contributed by atoms with Crippen molar-refractivity contribution in [2.75, 3.05) is 7.11 Å². The van der Waals surface area contributed by atoms with Crippen LogP contribution in [0.1, 0.15) is 65.7 Å². The molecule has 0 spiro atoms. The van der Waals surface area contributed by atoms with Gasteiger partial charge in [-0.3, -0.25) is 0 Å². The highest BCUT2D eigenvalue weighted by Crippen LogP contribution is 2.56. The molecule has 31 heavy (non-hydrogen) atoms. The molecule has 3 aliphatic rings. The second-order valence-corrected chi connectivity index (χ2v) is 9.74. The van der Waals surface area contributed by atoms with Crippen molar-refractivity contribution in [2.24, 2.45) is 22.4 Å². The third-order valence-electron chi connectivity index (χ3n) is 7.49. The van der Waals surface area contributed by atoms with Crippen LogP contribution in [0, 0.1) is 17.3 Å². The molecule has 0 unspecified atom stereocenters. The summed E-state index contributed by atoms with van der Waals surface area (Å²) in [5, 5.41) is 24.1. The van der Waals surface area contributed by atoms with Gasteiger partial charge in [0.2, 0.25) is 0 Å². The Kier molecular flexibility index (Phi) is 7.77. The van der Waals surface area contributed by atoms with Gasteiger partial charge in [0.25, 0.3) is 0 Å². The summed E-state index contributed by atoms with van der Waals surface area (Å²) in [4.78, 5) is 4.83. The number of aliphatic hydroxyl groups excluding tert-OH is 2. The fourth-order valence-electron chi connectivity index (χ4n) is 5.83. The molecule has 5 atom stereocenters. The predicted octanol–water partition coefficient (Wildman–Crippen LogP) is 5.65. The highest BCUT2D eigenvalue weighted by Gasteiger charge is 2.45. The zero-order valence-electron chi connectivity index (χ0n) is 19.6. The molecule has 0 heterocycles. The Labute approximate surface area is 187 Å². The standard InChI is InChI=1S/C27H39NO3/c1-18(8-6-9-19(2)28-31-5)24-13-14-25-21(10-7-15-27(24,25)4)11-12-22-16-23(29)17-26(30)20(22)3/h6,9,11-13,18,23,25-26,29-30H,3,7-8,10,14-17H2,1-2,4-5H3/b9-6+,21-11+,22-12-,28-19?/t18-,23+,25-,26-,27+/m0/s1. The lowest BCUT2D eigenvalue weighted by atomic mass is 9.62. The van der Waals surface area contributed by atoms with Gasteiger partial charge in [0.05, 0.1) is 17.9 Å². The molecule has 0 aromatic heterocycles. The van der Waals surface area contributed by atoms with Crippen LogP contribution >= 0.6 is 0 Å². The summed E-state index contributed by atoms with van der Waals surface area (Å²) >= 11 is 0. The van der Waals surface area contributed by atoms with Gasteiger partial charge in [-0.15, -0.1) is 0 Å². The Morgan fingerprint density at radius 1 is 1.39 bits per heavy atom. The lowest BCUT2D eigenvalue weighted by molar-refractivity contribution is 0.0862. The molecule has 0 bridgehead atoms. The lowest BCUT2D eigenvalue weighted by Gasteiger charge is -2.42. The van der Waals surface area contributed by atoms with Crippen LogP contribution in [0.15, 0.2) is 64.4 Å². The van der Waals surface area contributed by atoms with E-state index in [1.165, 1.54) is 18.4 Å². The molecule has 0 aliphatic heterocycles. The van der Waals surface area contributed by atoms with Crippen LogP contribution in [-0.2, 0) is 4.84 Å². The molecule has 0 radical (unpaired) electrons. The molecule has 0 aromatic carbocycles. The lowest BCUT2D eigenvalue weighted by Crippen LogP contribution is -2.32. The molecule has 0 amide bonds. The fourth-order valence-corrected chi connectivity index (χ4v) is 5.83. The predicted molar refractivity (Wildman–Crippen MR) is 128 cm³/mol. The van der Waals surface area contributed by atoms with Crippen LogP contribution in [0.3, 0.4) is 0 Å². The normalized spacial score (nSPS) is 35.5. The van der Waals surface area contributed by atoms with Gasteiger partial charge in [0.15, 0.2) is 0 Å². The Hall–Kier alpha value is -1.91. The molecule has 2 N–H and O–H groups in total. The molecule has 170 valence electrons. The first-order valence-corrected chi connectivity index (χ1v) is 11.7. The van der Waals surface area contributed by atoms with Gasteiger partial charge in [-0.2, -0.15) is 0 Å². The smallest absolute Gasteiger partial charge is 0.106 e. The summed E-state index contributed by atoms with van der Waals surface area (Å²) in [6.45, 7) is 10.8. The highest BCUT2D eigenvalue weighted by atomic mass is 16.6. The van der Waals surface area contributed by atoms with Crippen LogP contribution < -0.4 is 0 Å². The third-order valence-corrected chi connectivity index (χ3v) is 7.49. The minimum absolute atomic E-state index is 0.216. The van der Waals surface area contributed by atoms with E-state index in [-0.39, 0.29) is 5.41 Å². The molecule has 4 nitrogen and oxygen atoms in total. The average molecular weight is 426 g/mol. The SMILES string of the molecule is C=C1/C(=C\C=C2/CCC[C@]3(C)C([C@@H](C)C/C=C/C(C)=NOC)=CC[C@@H]23)C[C@@H](O)C[C@@H]1O. The second kappa shape index (κ2) is 10.1. The number of allylic oxidation sites excluding steroid dienone is 7. The number of aliphatic hydroxyl groups is 2. The van der Waals surface area contributed by atoms with E-state index in [1.54, 1.807) is 12.7 Å². The molecule has 3 rings (SSSR count). The van der Waals surface area contributed by atoms with Gasteiger partial charge in [-0.1, -0.05) is 61.0 Å². The maximum Gasteiger partial charge on any atom is 0.106 e. The van der Waals surface area contributed by atoms with Crippen LogP contribution in [0.5, 0.6) is 0 Å². The van der Waals surface area contributed by atoms with Gasteiger partial charge in [-0.05, 0) is 79.9 Å². The summed E-state index contributed by atoms with van der Waals surface area (Å²) < 4.78 is 0. The largest absolute Gasteiger partial charge is 0.399 e. The first-order chi connectivity index (χ1) is 14.8. The van der Waals surface area contributed by atoms with Crippen LogP contribution in [0.4, 0.5) is 0 Å². The van der Waals surface area contributed by atoms with Crippen LogP contribution in [-0.4, -0.2) is 35.2 Å². The maximum absolute atomic E-state index is 10.1. The van der Waals surface area contributed by atoms with Gasteiger partial charge in [0.1, 0.15) is 7.11 Å². The molecular weight excluding hydrogens is 386 g/mol. The average Bonchev–Trinajstić information content (AvgIpc) is 3.07. The molecule has 2 fully saturated rings. The number of rotatable bonds is 6. The summed E-state index contributed by atoms with van der Waals surface area (Å²) in [5.41, 5.74) is 5.95. The molecule has 4 heteroatoms. The molecule has 3 aliphatic carbocycles. The Bertz CT molecular complexity index is 831. The number of oxime groups is 1. The van der Waals surface area contributed by atoms with Crippen molar-refractivity contribution in [1.82, 2.24) is 0 Å². The van der Waals surface area contributed by atoms with Crippen LogP contribution in [0.25, 0.3) is 0 Å². The van der Waals surface area contributed by atoms with Crippen molar-refractivity contribution >= 4 is 5.71 Å². The van der Waals surface area contributed by atoms with E-state index < -0.39 is 12.2 Å². The first-order valence-electron chi connectivity index (χ1n) is 11.7. The van der Waals surface area contributed by atoms with Gasteiger partial charge in [-0.25, -0.2) is 0 Å². The van der Waals surface area contributed by atoms with Crippen molar-refractivity contribution in [1.29, 1.82) is 0 Å². The Balaban J connectivity index is 1.73. The Morgan fingerprint density at radius 2 is 2.16 bits per heavy atom. The number of hydrogen-bond acceptors (Lipinski definition) is 4. The van der Waals surface area contributed by atoms with Crippen molar-refractivity contribution in [3.63, 3.8) is 0 Å². The summed E-state index contributed by atoms with van der Waals surface area (Å²) in [5.74, 6) is 1.05. The number of fused-ring (bicyclic) bond motifs is 1. The summed E-state index contributed by atoms with van der Waals surface area (Å²) in [7, 11) is 1.57. The third kappa shape index (κ3) is 5.30. The topological polar surface area (TPSA) is 62.0 Å². The van der Waals surface area contributed by atoms with Gasteiger partial charge in [0, 0.05) is 6.42 Å². The number of nitrogens with zero attached hydrogens (tertiary/aromatic N) is 1. The summed E-state index contributed by atoms with van der Waals surface area (Å²) in [6, 6.07) is 0. The van der Waals surface area contributed by atoms with Crippen LogP contribution in [0.2, 0.25) is 0 Å². The van der Waals surface area contributed by atoms with Crippen molar-refractivity contribution in [3.05, 3.63) is 59.3 Å². The zero-order valence-corrected chi connectivity index (χ0v) is 19.6. The van der Waals surface area contributed by atoms with E-state index in [4.69, 9.17) is 4.84 Å². The van der Waals surface area contributed by atoms with Gasteiger partial charge >= 0.3 is 0 Å². The van der Waals surface area contributed by atoms with E-state index in [2.05, 4.69) is 49.9 Å². The highest BCUT2D eigenvalue weighted by molar-refractivity contribution is 5.92. The number of hydrogen-bond donors (Lipinski definition) is 2. The molecule has 0 saturated heterocycles. The quantitative estimate of drug-likeness (QED) is 0.328. The fraction of sp³-hybridized carbons (Fsp3) is 0.593. The zero-order chi connectivity index (χ0) is 22.6. The van der Waals surface area contributed by atoms with Gasteiger partial charge < -0.3 is 15.1 Å². The molecule has 0 aromatic rings. The van der Waals surface area contributed by atoms with E-state index in [0.717, 1.165) is 36.1 Å². The minimum Gasteiger partial charge on any atom is -0.399 e. The molecule has 2 saturated carbocycles. The van der Waals surface area contributed by atoms with E-state index in [9.17, 15) is 10.2 Å². The Morgan fingerprint density at radius 3 is 2.90 bits per heavy atom. The first kappa shape index (κ1) is 23.7. The maximum atomic E-state index is 10.1. The summed E-state index contributed by atoms with van der Waals surface area (Å²) in [6.07, 6.45) is 16.6. The minimum atomic E-state index is -0.628. The van der Waals surface area contributed by atoms with Crippen molar-refractivity contribution in [2.45, 2.75) is 77.9 Å². The second-order valence-electron chi connectivity index (χ2n) is 9.74. The molecular formula is C27H39NO3. The monoisotopic (exact) mass is 425 g/mol. The van der Waals surface area contributed by atoms with E-state index in [0.29, 0.717) is 24.7 Å². The van der Waals surface area contributed by atoms with Crippen molar-refractivity contribution in [3.8, 4) is 0 Å².